The lowest BCUT2D eigenvalue weighted by atomic mass is 10.1. The van der Waals surface area contributed by atoms with Crippen LogP contribution in [0, 0.1) is 0 Å². The van der Waals surface area contributed by atoms with Crippen LogP contribution in [0.5, 0.6) is 5.75 Å². The van der Waals surface area contributed by atoms with Crippen LogP contribution in [0.25, 0.3) is 0 Å². The van der Waals surface area contributed by atoms with Crippen molar-refractivity contribution >= 4 is 16.8 Å². The van der Waals surface area contributed by atoms with E-state index in [0.29, 0.717) is 11.4 Å². The molecule has 0 aromatic heterocycles. The number of anilines is 1. The van der Waals surface area contributed by atoms with E-state index in [1.165, 1.54) is 7.11 Å². The normalized spacial score (nSPS) is 14.8. The minimum atomic E-state index is -1.87. The van der Waals surface area contributed by atoms with E-state index in [2.05, 4.69) is 0 Å². The lowest BCUT2D eigenvalue weighted by Crippen LogP contribution is -2.02. The maximum absolute atomic E-state index is 10.8. The molecule has 0 aliphatic heterocycles. The summed E-state index contributed by atoms with van der Waals surface area (Å²) < 4.78 is 24.7. The van der Waals surface area contributed by atoms with Crippen LogP contribution in [-0.2, 0) is 11.1 Å². The zero-order valence-electron chi connectivity index (χ0n) is 8.06. The molecule has 0 bridgehead atoms. The Morgan fingerprint density at radius 3 is 2.71 bits per heavy atom. The van der Waals surface area contributed by atoms with Gasteiger partial charge < -0.3 is 15.0 Å². The molecule has 4 nitrogen and oxygen atoms in total. The van der Waals surface area contributed by atoms with Gasteiger partial charge in [0.05, 0.1) is 18.0 Å². The number of rotatable bonds is 3. The molecule has 0 aliphatic rings. The Bertz CT molecular complexity index is 354. The number of nitrogen functional groups attached to an aromatic ring is 1. The summed E-state index contributed by atoms with van der Waals surface area (Å²) in [5, 5.41) is -0.440. The second-order valence-electron chi connectivity index (χ2n) is 2.92. The van der Waals surface area contributed by atoms with Gasteiger partial charge in [0.15, 0.2) is 11.1 Å². The molecule has 1 aromatic rings. The van der Waals surface area contributed by atoms with Gasteiger partial charge in [0, 0.05) is 0 Å². The molecule has 78 valence electrons. The highest BCUT2D eigenvalue weighted by Gasteiger charge is 2.12. The van der Waals surface area contributed by atoms with Gasteiger partial charge in [-0.3, -0.25) is 0 Å². The summed E-state index contributed by atoms with van der Waals surface area (Å²) in [7, 11) is 1.51. The molecule has 0 heterocycles. The Labute approximate surface area is 85.4 Å². The first kappa shape index (κ1) is 11.0. The lowest BCUT2D eigenvalue weighted by molar-refractivity contribution is 0.416. The molecule has 14 heavy (non-hydrogen) atoms. The number of methoxy groups -OCH3 is 1. The monoisotopic (exact) mass is 215 g/mol. The van der Waals surface area contributed by atoms with Gasteiger partial charge in [0.2, 0.25) is 0 Å². The predicted octanol–water partition coefficient (Wildman–Crippen LogP) is 1.56. The van der Waals surface area contributed by atoms with Crippen molar-refractivity contribution in [2.45, 2.75) is 12.2 Å². The summed E-state index contributed by atoms with van der Waals surface area (Å²) in [6.07, 6.45) is 0. The summed E-state index contributed by atoms with van der Waals surface area (Å²) >= 11 is -1.87. The van der Waals surface area contributed by atoms with Crippen LogP contribution < -0.4 is 10.5 Å². The second-order valence-corrected chi connectivity index (χ2v) is 4.18. The number of ether oxygens (including phenoxy) is 1. The van der Waals surface area contributed by atoms with Gasteiger partial charge in [0.25, 0.3) is 0 Å². The Morgan fingerprint density at radius 2 is 2.21 bits per heavy atom. The van der Waals surface area contributed by atoms with Crippen molar-refractivity contribution in [3.8, 4) is 5.75 Å². The molecule has 0 saturated heterocycles. The SMILES string of the molecule is COc1cc(C(C)S(=O)O)ccc1N. The molecular weight excluding hydrogens is 202 g/mol. The standard InChI is InChI=1S/C9H13NO3S/c1-6(14(11)12)7-3-4-8(10)9(5-7)13-2/h3-6H,10H2,1-2H3,(H,11,12). The van der Waals surface area contributed by atoms with E-state index in [4.69, 9.17) is 15.0 Å². The molecule has 0 aliphatic carbocycles. The summed E-state index contributed by atoms with van der Waals surface area (Å²) in [6, 6.07) is 5.06. The molecule has 2 unspecified atom stereocenters. The molecule has 1 rings (SSSR count). The van der Waals surface area contributed by atoms with Crippen molar-refractivity contribution in [3.05, 3.63) is 23.8 Å². The minimum Gasteiger partial charge on any atom is -0.495 e. The van der Waals surface area contributed by atoms with Gasteiger partial charge >= 0.3 is 0 Å². The first-order valence-corrected chi connectivity index (χ1v) is 5.26. The Kier molecular flexibility index (Phi) is 3.49. The minimum absolute atomic E-state index is 0.440. The first-order chi connectivity index (χ1) is 6.56. The summed E-state index contributed by atoms with van der Waals surface area (Å²) in [4.78, 5) is 0. The lowest BCUT2D eigenvalue weighted by Gasteiger charge is -2.10. The van der Waals surface area contributed by atoms with Crippen molar-refractivity contribution in [2.75, 3.05) is 12.8 Å². The Balaban J connectivity index is 3.06. The molecule has 0 fully saturated rings. The van der Waals surface area contributed by atoms with Crippen LogP contribution in [0.15, 0.2) is 18.2 Å². The zero-order chi connectivity index (χ0) is 10.7. The van der Waals surface area contributed by atoms with E-state index in [1.807, 2.05) is 0 Å². The van der Waals surface area contributed by atoms with Crippen LogP contribution in [0.2, 0.25) is 0 Å². The van der Waals surface area contributed by atoms with Gasteiger partial charge in [-0.05, 0) is 24.6 Å². The summed E-state index contributed by atoms with van der Waals surface area (Å²) in [5.74, 6) is 0.528. The number of hydrogen-bond acceptors (Lipinski definition) is 3. The molecule has 5 heteroatoms. The number of benzene rings is 1. The summed E-state index contributed by atoms with van der Waals surface area (Å²) in [6.45, 7) is 1.67. The van der Waals surface area contributed by atoms with Gasteiger partial charge in [-0.2, -0.15) is 0 Å². The van der Waals surface area contributed by atoms with Crippen LogP contribution in [0.3, 0.4) is 0 Å². The molecule has 0 radical (unpaired) electrons. The van der Waals surface area contributed by atoms with Crippen molar-refractivity contribution in [3.63, 3.8) is 0 Å². The van der Waals surface area contributed by atoms with Gasteiger partial charge in [-0.15, -0.1) is 0 Å². The molecule has 0 saturated carbocycles. The quantitative estimate of drug-likeness (QED) is 0.593. The molecule has 0 spiro atoms. The number of nitrogens with two attached hydrogens (primary N) is 1. The Morgan fingerprint density at radius 1 is 1.57 bits per heavy atom. The third-order valence-electron chi connectivity index (χ3n) is 2.03. The highest BCUT2D eigenvalue weighted by molar-refractivity contribution is 7.79. The maximum atomic E-state index is 10.8. The van der Waals surface area contributed by atoms with E-state index >= 15 is 0 Å². The molecule has 3 N–H and O–H groups in total. The molecule has 1 aromatic carbocycles. The van der Waals surface area contributed by atoms with Crippen LogP contribution in [0.1, 0.15) is 17.7 Å². The third kappa shape index (κ3) is 2.24. The Hall–Kier alpha value is -1.07. The molecule has 2 atom stereocenters. The van der Waals surface area contributed by atoms with Gasteiger partial charge in [-0.25, -0.2) is 4.21 Å². The van der Waals surface area contributed by atoms with Gasteiger partial charge in [0.1, 0.15) is 5.75 Å². The zero-order valence-corrected chi connectivity index (χ0v) is 8.88. The van der Waals surface area contributed by atoms with Crippen molar-refractivity contribution in [1.29, 1.82) is 0 Å². The van der Waals surface area contributed by atoms with Gasteiger partial charge in [-0.1, -0.05) is 6.07 Å². The fourth-order valence-electron chi connectivity index (χ4n) is 1.10. The predicted molar refractivity (Wildman–Crippen MR) is 56.6 cm³/mol. The number of hydrogen-bond donors (Lipinski definition) is 2. The van der Waals surface area contributed by atoms with Crippen LogP contribution in [-0.4, -0.2) is 15.9 Å². The van der Waals surface area contributed by atoms with E-state index in [0.717, 1.165) is 5.56 Å². The third-order valence-corrected chi connectivity index (χ3v) is 2.91. The van der Waals surface area contributed by atoms with Crippen molar-refractivity contribution in [1.82, 2.24) is 0 Å². The highest BCUT2D eigenvalue weighted by atomic mass is 32.2. The second kappa shape index (κ2) is 4.43. The first-order valence-electron chi connectivity index (χ1n) is 4.09. The van der Waals surface area contributed by atoms with E-state index in [-0.39, 0.29) is 0 Å². The fraction of sp³-hybridized carbons (Fsp3) is 0.333. The van der Waals surface area contributed by atoms with E-state index in [9.17, 15) is 4.21 Å². The van der Waals surface area contributed by atoms with Crippen LogP contribution >= 0.6 is 0 Å². The van der Waals surface area contributed by atoms with E-state index in [1.54, 1.807) is 25.1 Å². The topological polar surface area (TPSA) is 72.5 Å². The molecular formula is C9H13NO3S. The molecule has 0 amide bonds. The highest BCUT2D eigenvalue weighted by Crippen LogP contribution is 2.27. The fourth-order valence-corrected chi connectivity index (χ4v) is 1.48. The van der Waals surface area contributed by atoms with Crippen molar-refractivity contribution in [2.24, 2.45) is 0 Å². The smallest absolute Gasteiger partial charge is 0.160 e. The maximum Gasteiger partial charge on any atom is 0.160 e. The van der Waals surface area contributed by atoms with Crippen LogP contribution in [0.4, 0.5) is 5.69 Å². The van der Waals surface area contributed by atoms with Crippen molar-refractivity contribution < 1.29 is 13.5 Å². The largest absolute Gasteiger partial charge is 0.495 e. The average molecular weight is 215 g/mol. The van der Waals surface area contributed by atoms with E-state index < -0.39 is 16.3 Å². The summed E-state index contributed by atoms with van der Waals surface area (Å²) in [5.41, 5.74) is 6.87. The average Bonchev–Trinajstić information content (AvgIpc) is 2.17.